The summed E-state index contributed by atoms with van der Waals surface area (Å²) in [4.78, 5) is 11.6. The highest BCUT2D eigenvalue weighted by Crippen LogP contribution is 2.12. The van der Waals surface area contributed by atoms with Crippen LogP contribution in [0.25, 0.3) is 0 Å². The van der Waals surface area contributed by atoms with Crippen LogP contribution in [0.4, 0.5) is 5.69 Å². The van der Waals surface area contributed by atoms with Crippen molar-refractivity contribution < 1.29 is 4.79 Å². The number of hydrogen-bond acceptors (Lipinski definition) is 3. The van der Waals surface area contributed by atoms with Gasteiger partial charge in [0, 0.05) is 10.7 Å². The van der Waals surface area contributed by atoms with Crippen LogP contribution in [0.1, 0.15) is 19.3 Å². The molecule has 0 unspecified atom stereocenters. The maximum Gasteiger partial charge on any atom is 0.238 e. The molecule has 0 aromatic heterocycles. The fourth-order valence-electron chi connectivity index (χ4n) is 1.61. The Balaban J connectivity index is 2.06. The highest BCUT2D eigenvalue weighted by atomic mass is 35.5. The Bertz CT molecular complexity index is 370. The summed E-state index contributed by atoms with van der Waals surface area (Å²) in [7, 11) is 0. The third-order valence-corrected chi connectivity index (χ3v) is 3.56. The van der Waals surface area contributed by atoms with Gasteiger partial charge in [-0.1, -0.05) is 18.0 Å². The van der Waals surface area contributed by atoms with Crippen molar-refractivity contribution in [3.8, 4) is 0 Å². The number of halogens is 1. The Hall–Kier alpha value is -0.710. The van der Waals surface area contributed by atoms with Gasteiger partial charge in [0.15, 0.2) is 0 Å². The Morgan fingerprint density at radius 2 is 1.95 bits per heavy atom. The van der Waals surface area contributed by atoms with Gasteiger partial charge in [0.2, 0.25) is 5.91 Å². The van der Waals surface area contributed by atoms with E-state index in [1.54, 1.807) is 24.3 Å². The number of carbonyl (C=O) groups excluding carboxylic acids is 1. The van der Waals surface area contributed by atoms with Gasteiger partial charge in [0.05, 0.1) is 6.54 Å². The molecule has 1 aromatic carbocycles. The van der Waals surface area contributed by atoms with E-state index in [1.165, 1.54) is 18.6 Å². The Morgan fingerprint density at radius 1 is 1.21 bits per heavy atom. The topological polar surface area (TPSA) is 41.1 Å². The highest BCUT2D eigenvalue weighted by molar-refractivity contribution is 7.98. The van der Waals surface area contributed by atoms with Crippen LogP contribution in [0.3, 0.4) is 0 Å². The maximum atomic E-state index is 11.6. The maximum absolute atomic E-state index is 11.6. The van der Waals surface area contributed by atoms with Crippen molar-refractivity contribution in [1.29, 1.82) is 0 Å². The lowest BCUT2D eigenvalue weighted by molar-refractivity contribution is -0.115. The molecule has 1 rings (SSSR count). The molecule has 0 radical (unpaired) electrons. The predicted molar refractivity (Wildman–Crippen MR) is 85.2 cm³/mol. The van der Waals surface area contributed by atoms with Crippen molar-refractivity contribution in [3.63, 3.8) is 0 Å². The molecule has 0 saturated carbocycles. The molecular formula is C14H21ClN2OS. The number of thioether (sulfide) groups is 1. The molecule has 0 spiro atoms. The molecular weight excluding hydrogens is 280 g/mol. The normalized spacial score (nSPS) is 10.4. The number of benzene rings is 1. The number of rotatable bonds is 9. The second-order valence-electron chi connectivity index (χ2n) is 4.29. The summed E-state index contributed by atoms with van der Waals surface area (Å²) in [5.74, 6) is 1.20. The van der Waals surface area contributed by atoms with Crippen molar-refractivity contribution >= 4 is 35.0 Å². The molecule has 0 heterocycles. The third kappa shape index (κ3) is 8.14. The van der Waals surface area contributed by atoms with Gasteiger partial charge in [-0.05, 0) is 55.7 Å². The zero-order valence-electron chi connectivity index (χ0n) is 11.2. The summed E-state index contributed by atoms with van der Waals surface area (Å²) in [6.07, 6.45) is 5.71. The van der Waals surface area contributed by atoms with Gasteiger partial charge in [-0.2, -0.15) is 11.8 Å². The first kappa shape index (κ1) is 16.3. The van der Waals surface area contributed by atoms with Crippen LogP contribution in [0.5, 0.6) is 0 Å². The van der Waals surface area contributed by atoms with Crippen molar-refractivity contribution in [2.75, 3.05) is 30.4 Å². The first-order valence-electron chi connectivity index (χ1n) is 6.47. The van der Waals surface area contributed by atoms with Crippen LogP contribution in [0.15, 0.2) is 24.3 Å². The Morgan fingerprint density at radius 3 is 2.63 bits per heavy atom. The zero-order chi connectivity index (χ0) is 13.9. The minimum absolute atomic E-state index is 0.0218. The Kier molecular flexibility index (Phi) is 8.71. The van der Waals surface area contributed by atoms with Crippen molar-refractivity contribution in [1.82, 2.24) is 5.32 Å². The highest BCUT2D eigenvalue weighted by Gasteiger charge is 2.01. The first-order chi connectivity index (χ1) is 9.22. The van der Waals surface area contributed by atoms with E-state index in [1.807, 2.05) is 11.8 Å². The van der Waals surface area contributed by atoms with Gasteiger partial charge < -0.3 is 10.6 Å². The molecule has 0 aliphatic carbocycles. The Labute approximate surface area is 124 Å². The molecule has 0 saturated heterocycles. The minimum Gasteiger partial charge on any atom is -0.325 e. The molecule has 19 heavy (non-hydrogen) atoms. The summed E-state index contributed by atoms with van der Waals surface area (Å²) in [6, 6.07) is 7.11. The standard InChI is InChI=1S/C14H21ClN2OS/c1-19-10-4-2-3-9-16-11-14(18)17-13-7-5-12(15)6-8-13/h5-8,16H,2-4,9-11H2,1H3,(H,17,18). The van der Waals surface area contributed by atoms with E-state index < -0.39 is 0 Å². The largest absolute Gasteiger partial charge is 0.325 e. The number of hydrogen-bond donors (Lipinski definition) is 2. The lowest BCUT2D eigenvalue weighted by Gasteiger charge is -2.06. The van der Waals surface area contributed by atoms with Gasteiger partial charge in [0.1, 0.15) is 0 Å². The SMILES string of the molecule is CSCCCCCNCC(=O)Nc1ccc(Cl)cc1. The second-order valence-corrected chi connectivity index (χ2v) is 5.71. The summed E-state index contributed by atoms with van der Waals surface area (Å²) in [5, 5.41) is 6.63. The number of unbranched alkanes of at least 4 members (excludes halogenated alkanes) is 2. The quantitative estimate of drug-likeness (QED) is 0.687. The second kappa shape index (κ2) is 10.1. The van der Waals surface area contributed by atoms with E-state index in [0.29, 0.717) is 11.6 Å². The molecule has 1 amide bonds. The molecule has 2 N–H and O–H groups in total. The van der Waals surface area contributed by atoms with E-state index >= 15 is 0 Å². The number of carbonyl (C=O) groups is 1. The van der Waals surface area contributed by atoms with Crippen LogP contribution >= 0.6 is 23.4 Å². The molecule has 0 aliphatic rings. The van der Waals surface area contributed by atoms with Crippen molar-refractivity contribution in [3.05, 3.63) is 29.3 Å². The van der Waals surface area contributed by atoms with Gasteiger partial charge in [-0.25, -0.2) is 0 Å². The van der Waals surface area contributed by atoms with E-state index in [9.17, 15) is 4.79 Å². The fourth-order valence-corrected chi connectivity index (χ4v) is 2.23. The molecule has 0 atom stereocenters. The monoisotopic (exact) mass is 300 g/mol. The van der Waals surface area contributed by atoms with Gasteiger partial charge in [-0.15, -0.1) is 0 Å². The predicted octanol–water partition coefficient (Wildman–Crippen LogP) is 3.40. The van der Waals surface area contributed by atoms with Gasteiger partial charge >= 0.3 is 0 Å². The number of amides is 1. The van der Waals surface area contributed by atoms with Gasteiger partial charge in [0.25, 0.3) is 0 Å². The van der Waals surface area contributed by atoms with Crippen LogP contribution in [0.2, 0.25) is 5.02 Å². The minimum atomic E-state index is -0.0218. The zero-order valence-corrected chi connectivity index (χ0v) is 12.8. The van der Waals surface area contributed by atoms with Crippen LogP contribution < -0.4 is 10.6 Å². The van der Waals surface area contributed by atoms with E-state index in [0.717, 1.165) is 18.7 Å². The summed E-state index contributed by atoms with van der Waals surface area (Å²) >= 11 is 7.65. The molecule has 5 heteroatoms. The summed E-state index contributed by atoms with van der Waals surface area (Å²) < 4.78 is 0. The third-order valence-electron chi connectivity index (χ3n) is 2.62. The van der Waals surface area contributed by atoms with E-state index in [-0.39, 0.29) is 5.91 Å². The lowest BCUT2D eigenvalue weighted by Crippen LogP contribution is -2.28. The average molecular weight is 301 g/mol. The van der Waals surface area contributed by atoms with Crippen LogP contribution in [-0.4, -0.2) is 31.0 Å². The molecule has 0 aliphatic heterocycles. The molecule has 0 fully saturated rings. The smallest absolute Gasteiger partial charge is 0.238 e. The molecule has 0 bridgehead atoms. The fraction of sp³-hybridized carbons (Fsp3) is 0.500. The van der Waals surface area contributed by atoms with E-state index in [4.69, 9.17) is 11.6 Å². The van der Waals surface area contributed by atoms with Gasteiger partial charge in [-0.3, -0.25) is 4.79 Å². The van der Waals surface area contributed by atoms with Crippen LogP contribution in [0, 0.1) is 0 Å². The van der Waals surface area contributed by atoms with Crippen molar-refractivity contribution in [2.24, 2.45) is 0 Å². The number of nitrogens with one attached hydrogen (secondary N) is 2. The number of anilines is 1. The lowest BCUT2D eigenvalue weighted by atomic mass is 10.2. The summed E-state index contributed by atoms with van der Waals surface area (Å²) in [6.45, 7) is 1.24. The molecule has 1 aromatic rings. The molecule has 106 valence electrons. The first-order valence-corrected chi connectivity index (χ1v) is 8.24. The van der Waals surface area contributed by atoms with Crippen molar-refractivity contribution in [2.45, 2.75) is 19.3 Å². The van der Waals surface area contributed by atoms with Crippen LogP contribution in [-0.2, 0) is 4.79 Å². The average Bonchev–Trinajstić information content (AvgIpc) is 2.40. The molecule has 3 nitrogen and oxygen atoms in total. The summed E-state index contributed by atoms with van der Waals surface area (Å²) in [5.41, 5.74) is 0.774. The van der Waals surface area contributed by atoms with E-state index in [2.05, 4.69) is 16.9 Å².